The Hall–Kier alpha value is -2.18. The van der Waals surface area contributed by atoms with Gasteiger partial charge in [0.15, 0.2) is 11.5 Å². The molecule has 1 aromatic heterocycles. The van der Waals surface area contributed by atoms with E-state index < -0.39 is 0 Å². The summed E-state index contributed by atoms with van der Waals surface area (Å²) in [7, 11) is 0. The number of nitrogens with zero attached hydrogens (tertiary/aromatic N) is 2. The Labute approximate surface area is 167 Å². The van der Waals surface area contributed by atoms with Crippen LogP contribution in [0.3, 0.4) is 0 Å². The lowest BCUT2D eigenvalue weighted by Crippen LogP contribution is -2.03. The molecule has 0 aliphatic carbocycles. The molecule has 0 saturated heterocycles. The molecule has 27 heavy (non-hydrogen) atoms. The van der Waals surface area contributed by atoms with Gasteiger partial charge in [0, 0.05) is 22.2 Å². The average molecular weight is 402 g/mol. The molecule has 1 aliphatic rings. The lowest BCUT2D eigenvalue weighted by Gasteiger charge is -2.15. The van der Waals surface area contributed by atoms with E-state index in [9.17, 15) is 0 Å². The van der Waals surface area contributed by atoms with Gasteiger partial charge in [0.05, 0.1) is 18.7 Å². The molecule has 4 rings (SSSR count). The van der Waals surface area contributed by atoms with Crippen molar-refractivity contribution in [2.24, 2.45) is 0 Å². The lowest BCUT2D eigenvalue weighted by atomic mass is 10.2. The van der Waals surface area contributed by atoms with Crippen molar-refractivity contribution in [2.75, 3.05) is 30.0 Å². The number of nitrogens with one attached hydrogen (secondary N) is 1. The van der Waals surface area contributed by atoms with E-state index in [1.165, 1.54) is 0 Å². The van der Waals surface area contributed by atoms with Crippen LogP contribution in [0.1, 0.15) is 12.8 Å². The maximum Gasteiger partial charge on any atom is 0.163 e. The SMILES string of the molecule is Clc1cccc(Nc2ncnc3cc4c(cc23)OCCCSCCCO4)c1. The second kappa shape index (κ2) is 8.67. The van der Waals surface area contributed by atoms with Crippen LogP contribution < -0.4 is 14.8 Å². The number of fused-ring (bicyclic) bond motifs is 2. The summed E-state index contributed by atoms with van der Waals surface area (Å²) >= 11 is 8.03. The van der Waals surface area contributed by atoms with Gasteiger partial charge in [-0.1, -0.05) is 17.7 Å². The predicted molar refractivity (Wildman–Crippen MR) is 112 cm³/mol. The minimum absolute atomic E-state index is 0.666. The van der Waals surface area contributed by atoms with Gasteiger partial charge in [0.1, 0.15) is 12.1 Å². The maximum atomic E-state index is 6.09. The second-order valence-corrected chi connectivity index (χ2v) is 7.85. The standard InChI is InChI=1S/C20H20ClN3O2S/c21-14-4-1-5-15(10-14)24-20-16-11-18-19(12-17(16)22-13-23-20)26-7-3-9-27-8-2-6-25-18/h1,4-5,10-13H,2-3,6-9H2,(H,22,23,24). The Balaban J connectivity index is 1.70. The Morgan fingerprint density at radius 3 is 2.52 bits per heavy atom. The van der Waals surface area contributed by atoms with E-state index in [0.29, 0.717) is 24.1 Å². The molecule has 2 heterocycles. The third kappa shape index (κ3) is 4.57. The largest absolute Gasteiger partial charge is 0.490 e. The number of thioether (sulfide) groups is 1. The van der Waals surface area contributed by atoms with Crippen LogP contribution in [0.15, 0.2) is 42.7 Å². The van der Waals surface area contributed by atoms with Crippen LogP contribution in [-0.2, 0) is 0 Å². The van der Waals surface area contributed by atoms with Crippen molar-refractivity contribution in [3.8, 4) is 11.5 Å². The number of benzene rings is 2. The summed E-state index contributed by atoms with van der Waals surface area (Å²) in [5.74, 6) is 4.39. The Morgan fingerprint density at radius 2 is 1.74 bits per heavy atom. The van der Waals surface area contributed by atoms with Gasteiger partial charge in [0.2, 0.25) is 0 Å². The number of aromatic nitrogens is 2. The first-order valence-electron chi connectivity index (χ1n) is 8.94. The molecular formula is C20H20ClN3O2S. The van der Waals surface area contributed by atoms with E-state index in [2.05, 4.69) is 15.3 Å². The lowest BCUT2D eigenvalue weighted by molar-refractivity contribution is 0.271. The predicted octanol–water partition coefficient (Wildman–Crippen LogP) is 5.31. The van der Waals surface area contributed by atoms with Gasteiger partial charge < -0.3 is 14.8 Å². The zero-order valence-corrected chi connectivity index (χ0v) is 16.4. The van der Waals surface area contributed by atoms with Crippen LogP contribution in [0.2, 0.25) is 5.02 Å². The summed E-state index contributed by atoms with van der Waals surface area (Å²) in [5.41, 5.74) is 1.68. The topological polar surface area (TPSA) is 56.3 Å². The van der Waals surface area contributed by atoms with Crippen molar-refractivity contribution in [3.05, 3.63) is 47.7 Å². The first-order chi connectivity index (χ1) is 13.3. The highest BCUT2D eigenvalue weighted by molar-refractivity contribution is 7.99. The highest BCUT2D eigenvalue weighted by Crippen LogP contribution is 2.35. The zero-order valence-electron chi connectivity index (χ0n) is 14.8. The summed E-state index contributed by atoms with van der Waals surface area (Å²) in [5, 5.41) is 4.87. The quantitative estimate of drug-likeness (QED) is 0.627. The van der Waals surface area contributed by atoms with Crippen molar-refractivity contribution < 1.29 is 9.47 Å². The molecule has 0 radical (unpaired) electrons. The Morgan fingerprint density at radius 1 is 0.963 bits per heavy atom. The van der Waals surface area contributed by atoms with Crippen molar-refractivity contribution in [1.82, 2.24) is 9.97 Å². The van der Waals surface area contributed by atoms with Crippen molar-refractivity contribution in [3.63, 3.8) is 0 Å². The molecule has 7 heteroatoms. The fourth-order valence-corrected chi connectivity index (χ4v) is 3.92. The number of halogens is 1. The fourth-order valence-electron chi connectivity index (χ4n) is 2.88. The molecule has 1 N–H and O–H groups in total. The van der Waals surface area contributed by atoms with Crippen LogP contribution in [-0.4, -0.2) is 34.7 Å². The molecule has 1 aliphatic heterocycles. The van der Waals surface area contributed by atoms with E-state index >= 15 is 0 Å². The Kier molecular flexibility index (Phi) is 5.84. The van der Waals surface area contributed by atoms with E-state index in [-0.39, 0.29) is 0 Å². The number of anilines is 2. The maximum absolute atomic E-state index is 6.09. The summed E-state index contributed by atoms with van der Waals surface area (Å²) in [6.07, 6.45) is 3.58. The van der Waals surface area contributed by atoms with Gasteiger partial charge >= 0.3 is 0 Å². The van der Waals surface area contributed by atoms with Gasteiger partial charge in [-0.15, -0.1) is 0 Å². The van der Waals surface area contributed by atoms with E-state index in [1.807, 2.05) is 48.2 Å². The molecule has 0 saturated carbocycles. The average Bonchev–Trinajstić information content (AvgIpc) is 2.72. The summed E-state index contributed by atoms with van der Waals surface area (Å²) < 4.78 is 12.0. The number of ether oxygens (including phenoxy) is 2. The van der Waals surface area contributed by atoms with Crippen LogP contribution in [0.4, 0.5) is 11.5 Å². The highest BCUT2D eigenvalue weighted by atomic mass is 35.5. The van der Waals surface area contributed by atoms with Crippen LogP contribution in [0.25, 0.3) is 10.9 Å². The third-order valence-corrected chi connectivity index (χ3v) is 5.56. The molecule has 0 atom stereocenters. The molecule has 0 spiro atoms. The van der Waals surface area contributed by atoms with Gasteiger partial charge in [-0.25, -0.2) is 9.97 Å². The summed E-state index contributed by atoms with van der Waals surface area (Å²) in [4.78, 5) is 8.81. The monoisotopic (exact) mass is 401 g/mol. The van der Waals surface area contributed by atoms with Crippen LogP contribution >= 0.6 is 23.4 Å². The van der Waals surface area contributed by atoms with Crippen molar-refractivity contribution in [2.45, 2.75) is 12.8 Å². The first-order valence-corrected chi connectivity index (χ1v) is 10.5. The third-order valence-electron chi connectivity index (χ3n) is 4.17. The highest BCUT2D eigenvalue weighted by Gasteiger charge is 2.13. The van der Waals surface area contributed by atoms with E-state index in [1.54, 1.807) is 6.33 Å². The molecule has 0 unspecified atom stereocenters. The zero-order chi connectivity index (χ0) is 18.5. The summed E-state index contributed by atoms with van der Waals surface area (Å²) in [6, 6.07) is 11.4. The smallest absolute Gasteiger partial charge is 0.163 e. The van der Waals surface area contributed by atoms with Crippen molar-refractivity contribution >= 4 is 45.8 Å². The molecule has 3 aromatic rings. The van der Waals surface area contributed by atoms with E-state index in [4.69, 9.17) is 21.1 Å². The fraction of sp³-hybridized carbons (Fsp3) is 0.300. The molecule has 0 fully saturated rings. The normalized spacial score (nSPS) is 15.1. The Bertz CT molecular complexity index is 938. The minimum atomic E-state index is 0.666. The molecule has 5 nitrogen and oxygen atoms in total. The van der Waals surface area contributed by atoms with Gasteiger partial charge in [-0.3, -0.25) is 0 Å². The first kappa shape index (κ1) is 18.2. The number of hydrogen-bond acceptors (Lipinski definition) is 6. The van der Waals surface area contributed by atoms with Gasteiger partial charge in [-0.05, 0) is 48.6 Å². The molecule has 2 aromatic carbocycles. The van der Waals surface area contributed by atoms with Crippen LogP contribution in [0.5, 0.6) is 11.5 Å². The van der Waals surface area contributed by atoms with Gasteiger partial charge in [0.25, 0.3) is 0 Å². The minimum Gasteiger partial charge on any atom is -0.490 e. The van der Waals surface area contributed by atoms with E-state index in [0.717, 1.165) is 52.4 Å². The molecular weight excluding hydrogens is 382 g/mol. The molecule has 0 amide bonds. The number of rotatable bonds is 2. The second-order valence-electron chi connectivity index (χ2n) is 6.19. The summed E-state index contributed by atoms with van der Waals surface area (Å²) in [6.45, 7) is 1.34. The molecule has 140 valence electrons. The molecule has 0 bridgehead atoms. The van der Waals surface area contributed by atoms with Gasteiger partial charge in [-0.2, -0.15) is 11.8 Å². The van der Waals surface area contributed by atoms with Crippen molar-refractivity contribution in [1.29, 1.82) is 0 Å². The number of hydrogen-bond donors (Lipinski definition) is 1. The van der Waals surface area contributed by atoms with Crippen LogP contribution in [0, 0.1) is 0 Å².